The van der Waals surface area contributed by atoms with Crippen molar-refractivity contribution in [1.29, 1.82) is 0 Å². The van der Waals surface area contributed by atoms with Gasteiger partial charge in [0.15, 0.2) is 0 Å². The minimum Gasteiger partial charge on any atom is -0.309 e. The third-order valence-electron chi connectivity index (χ3n) is 8.00. The SMILES string of the molecule is CCc1ccccc1-c1cc(-c2ccc3c4ccccc4n(-c4ccccc4)c3c2)c2ccccc2c1C. The maximum absolute atomic E-state index is 2.42. The normalized spacial score (nSPS) is 11.5. The van der Waals surface area contributed by atoms with Gasteiger partial charge in [-0.15, -0.1) is 0 Å². The number of para-hydroxylation sites is 2. The van der Waals surface area contributed by atoms with Crippen molar-refractivity contribution in [2.45, 2.75) is 20.3 Å². The predicted molar refractivity (Wildman–Crippen MR) is 163 cm³/mol. The van der Waals surface area contributed by atoms with E-state index in [1.165, 1.54) is 71.6 Å². The van der Waals surface area contributed by atoms with Gasteiger partial charge in [0.2, 0.25) is 0 Å². The highest BCUT2D eigenvalue weighted by Gasteiger charge is 2.17. The molecule has 0 fully saturated rings. The summed E-state index contributed by atoms with van der Waals surface area (Å²) in [6.07, 6.45) is 1.01. The smallest absolute Gasteiger partial charge is 0.0547 e. The number of aromatic nitrogens is 1. The first-order valence-corrected chi connectivity index (χ1v) is 13.4. The van der Waals surface area contributed by atoms with Crippen molar-refractivity contribution in [2.24, 2.45) is 0 Å². The van der Waals surface area contributed by atoms with Gasteiger partial charge in [0.1, 0.15) is 0 Å². The second kappa shape index (κ2) is 9.04. The largest absolute Gasteiger partial charge is 0.309 e. The van der Waals surface area contributed by atoms with Crippen molar-refractivity contribution in [1.82, 2.24) is 4.57 Å². The van der Waals surface area contributed by atoms with Gasteiger partial charge in [-0.25, -0.2) is 0 Å². The average molecular weight is 488 g/mol. The highest BCUT2D eigenvalue weighted by atomic mass is 15.0. The van der Waals surface area contributed by atoms with Crippen LogP contribution >= 0.6 is 0 Å². The van der Waals surface area contributed by atoms with Crippen LogP contribution in [0.5, 0.6) is 0 Å². The van der Waals surface area contributed by atoms with Crippen LogP contribution in [0.2, 0.25) is 0 Å². The van der Waals surface area contributed by atoms with Crippen molar-refractivity contribution in [3.8, 4) is 27.9 Å². The minimum absolute atomic E-state index is 1.01. The van der Waals surface area contributed by atoms with Crippen molar-refractivity contribution < 1.29 is 0 Å². The lowest BCUT2D eigenvalue weighted by Gasteiger charge is -2.17. The number of benzene rings is 6. The van der Waals surface area contributed by atoms with Crippen LogP contribution in [0, 0.1) is 6.92 Å². The van der Waals surface area contributed by atoms with Crippen LogP contribution in [0.15, 0.2) is 127 Å². The van der Waals surface area contributed by atoms with Crippen LogP contribution in [-0.4, -0.2) is 4.57 Å². The zero-order valence-electron chi connectivity index (χ0n) is 21.8. The van der Waals surface area contributed by atoms with E-state index < -0.39 is 0 Å². The molecule has 1 heteroatoms. The number of aryl methyl sites for hydroxylation is 2. The molecule has 38 heavy (non-hydrogen) atoms. The molecule has 0 aliphatic carbocycles. The van der Waals surface area contributed by atoms with Gasteiger partial charge in [-0.1, -0.05) is 104 Å². The molecule has 6 aromatic carbocycles. The Morgan fingerprint density at radius 1 is 0.500 bits per heavy atom. The monoisotopic (exact) mass is 487 g/mol. The van der Waals surface area contributed by atoms with Gasteiger partial charge in [0.05, 0.1) is 11.0 Å². The van der Waals surface area contributed by atoms with E-state index in [9.17, 15) is 0 Å². The molecule has 0 radical (unpaired) electrons. The summed E-state index contributed by atoms with van der Waals surface area (Å²) in [6, 6.07) is 46.5. The number of rotatable bonds is 4. The summed E-state index contributed by atoms with van der Waals surface area (Å²) in [5.41, 5.74) is 11.5. The Balaban J connectivity index is 1.55. The fraction of sp³-hybridized carbons (Fsp3) is 0.0811. The highest BCUT2D eigenvalue weighted by Crippen LogP contribution is 2.41. The average Bonchev–Trinajstić information content (AvgIpc) is 3.31. The fourth-order valence-corrected chi connectivity index (χ4v) is 6.12. The highest BCUT2D eigenvalue weighted by molar-refractivity contribution is 6.11. The molecule has 1 nitrogen and oxygen atoms in total. The van der Waals surface area contributed by atoms with Gasteiger partial charge >= 0.3 is 0 Å². The summed E-state index contributed by atoms with van der Waals surface area (Å²) in [5, 5.41) is 5.17. The van der Waals surface area contributed by atoms with Crippen LogP contribution in [0.25, 0.3) is 60.5 Å². The number of fused-ring (bicyclic) bond motifs is 4. The molecule has 7 rings (SSSR count). The molecular weight excluding hydrogens is 458 g/mol. The molecule has 0 aliphatic heterocycles. The van der Waals surface area contributed by atoms with E-state index in [2.05, 4.69) is 146 Å². The second-order valence-electron chi connectivity index (χ2n) is 10.1. The molecular formula is C37H29N. The lowest BCUT2D eigenvalue weighted by atomic mass is 9.87. The zero-order chi connectivity index (χ0) is 25.6. The first-order valence-electron chi connectivity index (χ1n) is 13.4. The van der Waals surface area contributed by atoms with Gasteiger partial charge in [0, 0.05) is 16.5 Å². The molecule has 0 spiro atoms. The van der Waals surface area contributed by atoms with Crippen LogP contribution in [0.1, 0.15) is 18.1 Å². The van der Waals surface area contributed by atoms with Crippen LogP contribution in [0.3, 0.4) is 0 Å². The Bertz CT molecular complexity index is 1960. The topological polar surface area (TPSA) is 4.93 Å². The lowest BCUT2D eigenvalue weighted by molar-refractivity contribution is 1.14. The maximum atomic E-state index is 2.42. The second-order valence-corrected chi connectivity index (χ2v) is 10.1. The van der Waals surface area contributed by atoms with Gasteiger partial charge in [-0.2, -0.15) is 0 Å². The van der Waals surface area contributed by atoms with Crippen molar-refractivity contribution in [3.05, 3.63) is 139 Å². The van der Waals surface area contributed by atoms with E-state index in [0.717, 1.165) is 6.42 Å². The molecule has 0 bridgehead atoms. The predicted octanol–water partition coefficient (Wildman–Crippen LogP) is 10.1. The number of hydrogen-bond acceptors (Lipinski definition) is 0. The Morgan fingerprint density at radius 3 is 1.97 bits per heavy atom. The Hall–Kier alpha value is -4.62. The molecule has 0 saturated heterocycles. The molecule has 0 unspecified atom stereocenters. The zero-order valence-corrected chi connectivity index (χ0v) is 21.8. The van der Waals surface area contributed by atoms with E-state index in [1.54, 1.807) is 0 Å². The molecule has 182 valence electrons. The molecule has 0 amide bonds. The quantitative estimate of drug-likeness (QED) is 0.233. The molecule has 7 aromatic rings. The summed E-state index contributed by atoms with van der Waals surface area (Å²) in [6.45, 7) is 4.51. The minimum atomic E-state index is 1.01. The summed E-state index contributed by atoms with van der Waals surface area (Å²) in [5.74, 6) is 0. The number of hydrogen-bond donors (Lipinski definition) is 0. The third kappa shape index (κ3) is 3.47. The van der Waals surface area contributed by atoms with Crippen LogP contribution in [-0.2, 0) is 6.42 Å². The molecule has 0 N–H and O–H groups in total. The standard InChI is InChI=1S/C37H29N/c1-3-26-13-7-8-17-30(26)34-24-35(31-18-10-9-16-29(31)25(34)2)27-21-22-33-32-19-11-12-20-36(32)38(37(33)23-27)28-14-5-4-6-15-28/h4-24H,3H2,1-2H3. The van der Waals surface area contributed by atoms with Crippen molar-refractivity contribution in [3.63, 3.8) is 0 Å². The Kier molecular flexibility index (Phi) is 5.37. The van der Waals surface area contributed by atoms with Crippen molar-refractivity contribution >= 4 is 32.6 Å². The van der Waals surface area contributed by atoms with E-state index in [0.29, 0.717) is 0 Å². The van der Waals surface area contributed by atoms with Gasteiger partial charge < -0.3 is 4.57 Å². The van der Waals surface area contributed by atoms with E-state index in [4.69, 9.17) is 0 Å². The summed E-state index contributed by atoms with van der Waals surface area (Å²) >= 11 is 0. The first kappa shape index (κ1) is 22.6. The molecule has 0 atom stereocenters. The molecule has 1 heterocycles. The lowest BCUT2D eigenvalue weighted by Crippen LogP contribution is -1.95. The Morgan fingerprint density at radius 2 is 1.16 bits per heavy atom. The molecule has 1 aromatic heterocycles. The van der Waals surface area contributed by atoms with Gasteiger partial charge in [-0.3, -0.25) is 0 Å². The summed E-state index contributed by atoms with van der Waals surface area (Å²) in [7, 11) is 0. The summed E-state index contributed by atoms with van der Waals surface area (Å²) < 4.78 is 2.40. The molecule has 0 saturated carbocycles. The fourth-order valence-electron chi connectivity index (χ4n) is 6.12. The van der Waals surface area contributed by atoms with E-state index in [1.807, 2.05) is 0 Å². The maximum Gasteiger partial charge on any atom is 0.0547 e. The summed E-state index contributed by atoms with van der Waals surface area (Å²) in [4.78, 5) is 0. The van der Waals surface area contributed by atoms with Gasteiger partial charge in [-0.05, 0) is 87.8 Å². The van der Waals surface area contributed by atoms with Crippen LogP contribution < -0.4 is 0 Å². The van der Waals surface area contributed by atoms with E-state index >= 15 is 0 Å². The van der Waals surface area contributed by atoms with Gasteiger partial charge in [0.25, 0.3) is 0 Å². The first-order chi connectivity index (χ1) is 18.7. The molecule has 0 aliphatic rings. The number of nitrogens with zero attached hydrogens (tertiary/aromatic N) is 1. The van der Waals surface area contributed by atoms with Crippen molar-refractivity contribution in [2.75, 3.05) is 0 Å². The van der Waals surface area contributed by atoms with Crippen LogP contribution in [0.4, 0.5) is 0 Å². The van der Waals surface area contributed by atoms with E-state index in [-0.39, 0.29) is 0 Å². The Labute approximate surface area is 223 Å². The third-order valence-corrected chi connectivity index (χ3v) is 8.00.